The van der Waals surface area contributed by atoms with Crippen LogP contribution in [-0.4, -0.2) is 57.5 Å². The van der Waals surface area contributed by atoms with E-state index in [4.69, 9.17) is 9.72 Å². The summed E-state index contributed by atoms with van der Waals surface area (Å²) in [6.45, 7) is 1.78. The van der Waals surface area contributed by atoms with Gasteiger partial charge in [-0.25, -0.2) is 9.78 Å². The number of unbranched alkanes of at least 4 members (excludes halogenated alkanes) is 1. The number of carbonyl (C=O) groups is 2. The highest BCUT2D eigenvalue weighted by atomic mass is 16.5. The molecule has 1 aliphatic heterocycles. The van der Waals surface area contributed by atoms with Crippen LogP contribution in [0.1, 0.15) is 47.3 Å². The Labute approximate surface area is 198 Å². The van der Waals surface area contributed by atoms with Crippen LogP contribution in [0.4, 0.5) is 5.82 Å². The largest absolute Gasteiger partial charge is 0.480 e. The van der Waals surface area contributed by atoms with Gasteiger partial charge in [0, 0.05) is 44.3 Å². The van der Waals surface area contributed by atoms with E-state index in [1.165, 1.54) is 5.56 Å². The summed E-state index contributed by atoms with van der Waals surface area (Å²) in [6, 6.07) is 8.52. The van der Waals surface area contributed by atoms with Crippen LogP contribution in [0.25, 0.3) is 10.9 Å². The van der Waals surface area contributed by atoms with Gasteiger partial charge < -0.3 is 20.5 Å². The first-order chi connectivity index (χ1) is 16.5. The number of fused-ring (bicyclic) bond motifs is 2. The van der Waals surface area contributed by atoms with Crippen molar-refractivity contribution in [2.24, 2.45) is 7.05 Å². The van der Waals surface area contributed by atoms with E-state index in [0.29, 0.717) is 17.6 Å². The second kappa shape index (κ2) is 11.1. The number of anilines is 1. The molecule has 9 heteroatoms. The molecule has 34 heavy (non-hydrogen) atoms. The number of aromatic nitrogens is 3. The van der Waals surface area contributed by atoms with Gasteiger partial charge in [-0.3, -0.25) is 9.48 Å². The molecular weight excluding hydrogens is 434 g/mol. The summed E-state index contributed by atoms with van der Waals surface area (Å²) in [5.41, 5.74) is 3.58. The maximum absolute atomic E-state index is 12.7. The zero-order valence-electron chi connectivity index (χ0n) is 19.4. The third-order valence-electron chi connectivity index (χ3n) is 6.11. The molecule has 0 fully saturated rings. The number of aryl methyl sites for hydroxylation is 3. The maximum Gasteiger partial charge on any atom is 0.326 e. The number of hydrogen-bond donors (Lipinski definition) is 3. The van der Waals surface area contributed by atoms with E-state index in [9.17, 15) is 14.7 Å². The van der Waals surface area contributed by atoms with Gasteiger partial charge in [-0.05, 0) is 55.9 Å². The first kappa shape index (κ1) is 23.7. The summed E-state index contributed by atoms with van der Waals surface area (Å²) in [5.74, 6) is -0.498. The number of amides is 1. The Morgan fingerprint density at radius 2 is 2.12 bits per heavy atom. The van der Waals surface area contributed by atoms with Crippen LogP contribution in [0.15, 0.2) is 36.5 Å². The quantitative estimate of drug-likeness (QED) is 0.373. The van der Waals surface area contributed by atoms with Crippen molar-refractivity contribution in [1.82, 2.24) is 20.1 Å². The normalized spacial score (nSPS) is 13.8. The molecule has 2 aromatic heterocycles. The molecular formula is C25H31N5O4. The molecule has 0 saturated carbocycles. The second-order valence-electron chi connectivity index (χ2n) is 8.57. The van der Waals surface area contributed by atoms with Gasteiger partial charge in [0.25, 0.3) is 5.91 Å². The van der Waals surface area contributed by atoms with E-state index in [2.05, 4.69) is 27.9 Å². The number of pyridine rings is 1. The van der Waals surface area contributed by atoms with Crippen LogP contribution in [0.2, 0.25) is 0 Å². The molecule has 4 rings (SSSR count). The molecule has 1 aliphatic rings. The summed E-state index contributed by atoms with van der Waals surface area (Å²) >= 11 is 0. The molecule has 3 aromatic rings. The average Bonchev–Trinajstić information content (AvgIpc) is 3.23. The first-order valence-electron chi connectivity index (χ1n) is 11.8. The monoisotopic (exact) mass is 465 g/mol. The van der Waals surface area contributed by atoms with Crippen molar-refractivity contribution in [3.63, 3.8) is 0 Å². The number of carboxylic acid groups (broad SMARTS) is 1. The zero-order valence-corrected chi connectivity index (χ0v) is 19.4. The predicted molar refractivity (Wildman–Crippen MR) is 129 cm³/mol. The number of aliphatic carboxylic acids is 1. The highest BCUT2D eigenvalue weighted by Crippen LogP contribution is 2.20. The van der Waals surface area contributed by atoms with E-state index < -0.39 is 17.9 Å². The lowest BCUT2D eigenvalue weighted by molar-refractivity contribution is -0.139. The van der Waals surface area contributed by atoms with Crippen molar-refractivity contribution in [3.05, 3.63) is 53.3 Å². The highest BCUT2D eigenvalue weighted by molar-refractivity contribution is 6.07. The van der Waals surface area contributed by atoms with Gasteiger partial charge in [0.1, 0.15) is 11.9 Å². The van der Waals surface area contributed by atoms with Gasteiger partial charge in [-0.1, -0.05) is 12.1 Å². The van der Waals surface area contributed by atoms with E-state index in [1.807, 2.05) is 6.07 Å². The van der Waals surface area contributed by atoms with Crippen molar-refractivity contribution < 1.29 is 19.4 Å². The zero-order chi connectivity index (χ0) is 23.9. The molecule has 1 atom stereocenters. The average molecular weight is 466 g/mol. The van der Waals surface area contributed by atoms with Crippen molar-refractivity contribution in [2.75, 3.05) is 25.1 Å². The fourth-order valence-corrected chi connectivity index (χ4v) is 4.19. The lowest BCUT2D eigenvalue weighted by Crippen LogP contribution is -2.41. The Kier molecular flexibility index (Phi) is 7.74. The van der Waals surface area contributed by atoms with E-state index in [0.717, 1.165) is 55.7 Å². The van der Waals surface area contributed by atoms with Crippen molar-refractivity contribution in [2.45, 2.75) is 44.6 Å². The van der Waals surface area contributed by atoms with Crippen molar-refractivity contribution >= 4 is 28.6 Å². The van der Waals surface area contributed by atoms with E-state index in [-0.39, 0.29) is 13.0 Å². The Morgan fingerprint density at radius 1 is 1.24 bits per heavy atom. The van der Waals surface area contributed by atoms with Crippen molar-refractivity contribution in [1.29, 1.82) is 0 Å². The third kappa shape index (κ3) is 5.72. The summed E-state index contributed by atoms with van der Waals surface area (Å²) in [7, 11) is 1.79. The Balaban J connectivity index is 1.18. The molecule has 0 radical (unpaired) electrons. The number of benzene rings is 1. The number of nitrogens with zero attached hydrogens (tertiary/aromatic N) is 3. The van der Waals surface area contributed by atoms with Gasteiger partial charge in [0.2, 0.25) is 0 Å². The molecule has 1 unspecified atom stereocenters. The smallest absolute Gasteiger partial charge is 0.326 e. The topological polar surface area (TPSA) is 118 Å². The van der Waals surface area contributed by atoms with Crippen LogP contribution in [-0.2, 0) is 29.4 Å². The van der Waals surface area contributed by atoms with Gasteiger partial charge >= 0.3 is 5.97 Å². The summed E-state index contributed by atoms with van der Waals surface area (Å²) in [6.07, 6.45) is 6.73. The van der Waals surface area contributed by atoms with E-state index >= 15 is 0 Å². The van der Waals surface area contributed by atoms with Crippen molar-refractivity contribution in [3.8, 4) is 0 Å². The number of ether oxygens (including phenoxy) is 1. The lowest BCUT2D eigenvalue weighted by Gasteiger charge is -2.17. The standard InChI is InChI=1S/C25H31N5O4/c1-30-22-9-4-8-19(20(22)16-27-30)24(31)29-21(25(32)33)12-15-34-14-3-2-7-18-11-10-17-6-5-13-26-23(17)28-18/h4,8-11,16,21H,2-3,5-7,12-15H2,1H3,(H,26,28)(H,29,31)(H,32,33). The highest BCUT2D eigenvalue weighted by Gasteiger charge is 2.22. The van der Waals surface area contributed by atoms with Crippen LogP contribution in [0, 0.1) is 0 Å². The fourth-order valence-electron chi connectivity index (χ4n) is 4.19. The molecule has 0 saturated heterocycles. The Morgan fingerprint density at radius 3 is 2.97 bits per heavy atom. The molecule has 9 nitrogen and oxygen atoms in total. The maximum atomic E-state index is 12.7. The first-order valence-corrected chi connectivity index (χ1v) is 11.8. The summed E-state index contributed by atoms with van der Waals surface area (Å²) in [5, 5.41) is 20.4. The molecule has 1 aromatic carbocycles. The molecule has 180 valence electrons. The predicted octanol–water partition coefficient (Wildman–Crippen LogP) is 2.94. The summed E-state index contributed by atoms with van der Waals surface area (Å²) < 4.78 is 7.32. The SMILES string of the molecule is Cn1ncc2c(C(=O)NC(CCOCCCCc3ccc4c(n3)NCCC4)C(=O)O)cccc21. The second-order valence-corrected chi connectivity index (χ2v) is 8.57. The van der Waals surface area contributed by atoms with Gasteiger partial charge in [0.05, 0.1) is 17.3 Å². The molecule has 0 bridgehead atoms. The third-order valence-corrected chi connectivity index (χ3v) is 6.11. The minimum Gasteiger partial charge on any atom is -0.480 e. The number of rotatable bonds is 11. The number of nitrogens with one attached hydrogen (secondary N) is 2. The number of carboxylic acids is 1. The number of hydrogen-bond acceptors (Lipinski definition) is 6. The molecule has 3 N–H and O–H groups in total. The van der Waals surface area contributed by atoms with Crippen LogP contribution in [0.5, 0.6) is 0 Å². The van der Waals surface area contributed by atoms with Crippen LogP contribution in [0.3, 0.4) is 0 Å². The van der Waals surface area contributed by atoms with Gasteiger partial charge in [-0.2, -0.15) is 5.10 Å². The number of carbonyl (C=O) groups excluding carboxylic acids is 1. The molecule has 0 aliphatic carbocycles. The van der Waals surface area contributed by atoms with Crippen LogP contribution >= 0.6 is 0 Å². The minimum absolute atomic E-state index is 0.197. The van der Waals surface area contributed by atoms with Gasteiger partial charge in [0.15, 0.2) is 0 Å². The summed E-state index contributed by atoms with van der Waals surface area (Å²) in [4.78, 5) is 29.1. The molecule has 0 spiro atoms. The fraction of sp³-hybridized carbons (Fsp3) is 0.440. The van der Waals surface area contributed by atoms with Crippen LogP contribution < -0.4 is 10.6 Å². The molecule has 1 amide bonds. The Hall–Kier alpha value is -3.46. The van der Waals surface area contributed by atoms with Gasteiger partial charge in [-0.15, -0.1) is 0 Å². The lowest BCUT2D eigenvalue weighted by atomic mass is 10.1. The molecule has 3 heterocycles. The van der Waals surface area contributed by atoms with E-state index in [1.54, 1.807) is 30.1 Å². The Bertz CT molecular complexity index is 1160. The minimum atomic E-state index is -1.08.